The molecule has 0 radical (unpaired) electrons. The van der Waals surface area contributed by atoms with Crippen molar-refractivity contribution in [1.82, 2.24) is 29.2 Å². The van der Waals surface area contributed by atoms with E-state index in [4.69, 9.17) is 4.98 Å². The van der Waals surface area contributed by atoms with Crippen LogP contribution in [-0.2, 0) is 26.7 Å². The maximum absolute atomic E-state index is 10.6. The minimum atomic E-state index is -0.797. The zero-order valence-corrected chi connectivity index (χ0v) is 16.1. The molecule has 3 aromatic heterocycles. The Balaban J connectivity index is 1.47. The van der Waals surface area contributed by atoms with Crippen LogP contribution in [0.15, 0.2) is 23.8 Å². The van der Waals surface area contributed by atoms with E-state index in [1.807, 2.05) is 28.6 Å². The van der Waals surface area contributed by atoms with Gasteiger partial charge in [-0.1, -0.05) is 13.8 Å². The highest BCUT2D eigenvalue weighted by molar-refractivity contribution is 7.09. The fraction of sp³-hybridized carbons (Fsp3) is 0.500. The van der Waals surface area contributed by atoms with Gasteiger partial charge in [0.1, 0.15) is 10.8 Å². The smallest absolute Gasteiger partial charge is 0.155 e. The number of aliphatic hydroxyl groups is 1. The fourth-order valence-electron chi connectivity index (χ4n) is 3.24. The van der Waals surface area contributed by atoms with Crippen molar-refractivity contribution < 1.29 is 5.11 Å². The van der Waals surface area contributed by atoms with Crippen LogP contribution in [0.1, 0.15) is 53.8 Å². The Morgan fingerprint density at radius 1 is 1.27 bits per heavy atom. The number of aromatic nitrogens is 5. The molecule has 1 aliphatic rings. The number of rotatable bonds is 5. The van der Waals surface area contributed by atoms with Crippen molar-refractivity contribution in [2.45, 2.75) is 45.5 Å². The third kappa shape index (κ3) is 3.32. The molecule has 8 heteroatoms. The van der Waals surface area contributed by atoms with Crippen LogP contribution < -0.4 is 0 Å². The minimum absolute atomic E-state index is 0.470. The molecule has 1 atom stereocenters. The third-order valence-corrected chi connectivity index (χ3v) is 5.65. The molecular weight excluding hydrogens is 348 g/mol. The minimum Gasteiger partial charge on any atom is -0.379 e. The van der Waals surface area contributed by atoms with Crippen LogP contribution in [0.25, 0.3) is 0 Å². The summed E-state index contributed by atoms with van der Waals surface area (Å²) in [5.41, 5.74) is 2.96. The maximum Gasteiger partial charge on any atom is 0.155 e. The molecule has 138 valence electrons. The summed E-state index contributed by atoms with van der Waals surface area (Å²) < 4.78 is 3.82. The summed E-state index contributed by atoms with van der Waals surface area (Å²) in [6.45, 7) is 7.78. The molecule has 7 nitrogen and oxygen atoms in total. The van der Waals surface area contributed by atoms with E-state index in [0.29, 0.717) is 17.4 Å². The molecule has 1 aliphatic heterocycles. The van der Waals surface area contributed by atoms with Gasteiger partial charge in [-0.25, -0.2) is 9.97 Å². The van der Waals surface area contributed by atoms with E-state index in [1.54, 1.807) is 17.5 Å². The van der Waals surface area contributed by atoms with Gasteiger partial charge in [0.2, 0.25) is 0 Å². The van der Waals surface area contributed by atoms with Crippen molar-refractivity contribution in [2.75, 3.05) is 6.54 Å². The van der Waals surface area contributed by atoms with Gasteiger partial charge in [0, 0.05) is 37.9 Å². The average Bonchev–Trinajstić information content (AvgIpc) is 3.33. The van der Waals surface area contributed by atoms with Crippen LogP contribution in [-0.4, -0.2) is 40.9 Å². The second-order valence-electron chi connectivity index (χ2n) is 7.11. The third-order valence-electron chi connectivity index (χ3n) is 4.80. The van der Waals surface area contributed by atoms with Gasteiger partial charge in [-0.05, 0) is 12.0 Å². The number of thiazole rings is 1. The lowest BCUT2D eigenvalue weighted by Gasteiger charge is -2.26. The Labute approximate surface area is 156 Å². The highest BCUT2D eigenvalue weighted by atomic mass is 32.1. The number of aryl methyl sites for hydroxylation is 1. The van der Waals surface area contributed by atoms with E-state index < -0.39 is 6.10 Å². The van der Waals surface area contributed by atoms with E-state index >= 15 is 0 Å². The molecule has 1 N–H and O–H groups in total. The standard InChI is InChI=1S/C18H24N6OS/c1-12(2)15-11-26-16(20-15)10-23-6-7-24-13(9-23)8-14(21-24)17(25)18-19-4-5-22(18)3/h4-5,8,11-12,17,25H,6-7,9-10H2,1-3H3. The van der Waals surface area contributed by atoms with Crippen LogP contribution in [0.5, 0.6) is 0 Å². The molecule has 1 unspecified atom stereocenters. The Morgan fingerprint density at radius 2 is 2.12 bits per heavy atom. The molecule has 26 heavy (non-hydrogen) atoms. The topological polar surface area (TPSA) is 72.0 Å². The first-order valence-corrected chi connectivity index (χ1v) is 9.78. The zero-order chi connectivity index (χ0) is 18.3. The molecule has 4 rings (SSSR count). The fourth-order valence-corrected chi connectivity index (χ4v) is 4.24. The molecule has 0 fully saturated rings. The van der Waals surface area contributed by atoms with Gasteiger partial charge in [-0.2, -0.15) is 5.10 Å². The van der Waals surface area contributed by atoms with E-state index in [0.717, 1.165) is 36.9 Å². The molecule has 0 aliphatic carbocycles. The van der Waals surface area contributed by atoms with Crippen molar-refractivity contribution in [3.8, 4) is 0 Å². The molecule has 0 saturated heterocycles. The van der Waals surface area contributed by atoms with Crippen LogP contribution in [0, 0.1) is 0 Å². The number of aliphatic hydroxyl groups excluding tert-OH is 1. The SMILES string of the molecule is CC(C)c1csc(CN2CCn3nc(C(O)c4nccn4C)cc3C2)n1. The molecule has 0 bridgehead atoms. The lowest BCUT2D eigenvalue weighted by atomic mass is 10.2. The van der Waals surface area contributed by atoms with Gasteiger partial charge < -0.3 is 9.67 Å². The molecule has 0 amide bonds. The summed E-state index contributed by atoms with van der Waals surface area (Å²) in [6.07, 6.45) is 2.72. The second kappa shape index (κ2) is 6.94. The van der Waals surface area contributed by atoms with E-state index in [-0.39, 0.29) is 0 Å². The molecule has 0 aromatic carbocycles. The lowest BCUT2D eigenvalue weighted by molar-refractivity contribution is 0.194. The number of hydrogen-bond acceptors (Lipinski definition) is 6. The monoisotopic (exact) mass is 372 g/mol. The largest absolute Gasteiger partial charge is 0.379 e. The zero-order valence-electron chi connectivity index (χ0n) is 15.3. The van der Waals surface area contributed by atoms with Gasteiger partial charge in [-0.15, -0.1) is 11.3 Å². The summed E-state index contributed by atoms with van der Waals surface area (Å²) >= 11 is 1.74. The van der Waals surface area contributed by atoms with Gasteiger partial charge in [0.15, 0.2) is 6.10 Å². The highest BCUT2D eigenvalue weighted by Gasteiger charge is 2.24. The van der Waals surface area contributed by atoms with Gasteiger partial charge >= 0.3 is 0 Å². The molecular formula is C18H24N6OS. The highest BCUT2D eigenvalue weighted by Crippen LogP contribution is 2.24. The maximum atomic E-state index is 10.6. The predicted octanol–water partition coefficient (Wildman–Crippen LogP) is 2.29. The van der Waals surface area contributed by atoms with Crippen LogP contribution in [0.4, 0.5) is 0 Å². The quantitative estimate of drug-likeness (QED) is 0.744. The Kier molecular flexibility index (Phi) is 4.64. The summed E-state index contributed by atoms with van der Waals surface area (Å²) in [5.74, 6) is 1.08. The van der Waals surface area contributed by atoms with Crippen molar-refractivity contribution in [2.24, 2.45) is 7.05 Å². The van der Waals surface area contributed by atoms with Crippen molar-refractivity contribution in [3.05, 3.63) is 51.8 Å². The number of imidazole rings is 1. The van der Waals surface area contributed by atoms with E-state index in [9.17, 15) is 5.11 Å². The Bertz CT molecular complexity index is 895. The van der Waals surface area contributed by atoms with Crippen molar-refractivity contribution in [3.63, 3.8) is 0 Å². The van der Waals surface area contributed by atoms with Crippen molar-refractivity contribution >= 4 is 11.3 Å². The van der Waals surface area contributed by atoms with Gasteiger partial charge in [0.25, 0.3) is 0 Å². The van der Waals surface area contributed by atoms with Crippen LogP contribution in [0.3, 0.4) is 0 Å². The summed E-state index contributed by atoms with van der Waals surface area (Å²) in [6, 6.07) is 1.99. The van der Waals surface area contributed by atoms with E-state index in [1.165, 1.54) is 5.69 Å². The first kappa shape index (κ1) is 17.4. The molecule has 0 saturated carbocycles. The predicted molar refractivity (Wildman–Crippen MR) is 99.8 cm³/mol. The van der Waals surface area contributed by atoms with Gasteiger partial charge in [0.05, 0.1) is 30.2 Å². The van der Waals surface area contributed by atoms with Crippen LogP contribution >= 0.6 is 11.3 Å². The summed E-state index contributed by atoms with van der Waals surface area (Å²) in [4.78, 5) is 11.4. The Hall–Kier alpha value is -2.03. The number of hydrogen-bond donors (Lipinski definition) is 1. The summed E-state index contributed by atoms with van der Waals surface area (Å²) in [5, 5.41) is 18.5. The normalized spacial score (nSPS) is 16.2. The average molecular weight is 372 g/mol. The molecule has 4 heterocycles. The van der Waals surface area contributed by atoms with Gasteiger partial charge in [-0.3, -0.25) is 9.58 Å². The first-order chi connectivity index (χ1) is 12.5. The van der Waals surface area contributed by atoms with E-state index in [2.05, 4.69) is 34.2 Å². The molecule has 0 spiro atoms. The van der Waals surface area contributed by atoms with Crippen LogP contribution in [0.2, 0.25) is 0 Å². The Morgan fingerprint density at radius 3 is 2.81 bits per heavy atom. The first-order valence-electron chi connectivity index (χ1n) is 8.90. The van der Waals surface area contributed by atoms with Crippen molar-refractivity contribution in [1.29, 1.82) is 0 Å². The molecule has 3 aromatic rings. The second-order valence-corrected chi connectivity index (χ2v) is 8.06. The summed E-state index contributed by atoms with van der Waals surface area (Å²) in [7, 11) is 1.88. The number of nitrogens with zero attached hydrogens (tertiary/aromatic N) is 6. The number of fused-ring (bicyclic) bond motifs is 1. The lowest BCUT2D eigenvalue weighted by Crippen LogP contribution is -2.33.